The highest BCUT2D eigenvalue weighted by Crippen LogP contribution is 2.30. The van der Waals surface area contributed by atoms with Crippen LogP contribution in [0.15, 0.2) is 39.9 Å². The van der Waals surface area contributed by atoms with E-state index >= 15 is 0 Å². The summed E-state index contributed by atoms with van der Waals surface area (Å²) in [7, 11) is 2.93. The van der Waals surface area contributed by atoms with Crippen molar-refractivity contribution in [2.75, 3.05) is 7.11 Å². The summed E-state index contributed by atoms with van der Waals surface area (Å²) in [6, 6.07) is 6.68. The molecule has 0 saturated heterocycles. The average molecular weight is 274 g/mol. The largest absolute Gasteiger partial charge is 0.497 e. The summed E-state index contributed by atoms with van der Waals surface area (Å²) in [6.07, 6.45) is 1.07. The van der Waals surface area contributed by atoms with Crippen LogP contribution in [0, 0.1) is 0 Å². The molecule has 0 amide bonds. The summed E-state index contributed by atoms with van der Waals surface area (Å²) in [4.78, 5) is -0.149. The lowest BCUT2D eigenvalue weighted by atomic mass is 10.2. The van der Waals surface area contributed by atoms with Crippen molar-refractivity contribution in [1.82, 2.24) is 5.16 Å². The molecule has 17 heavy (non-hydrogen) atoms. The third-order valence-electron chi connectivity index (χ3n) is 2.15. The minimum atomic E-state index is -3.87. The number of ether oxygens (including phenoxy) is 1. The molecule has 0 aliphatic heterocycles. The monoisotopic (exact) mass is 273 g/mol. The van der Waals surface area contributed by atoms with Crippen LogP contribution in [0.5, 0.6) is 5.75 Å². The van der Waals surface area contributed by atoms with E-state index in [0.29, 0.717) is 11.3 Å². The van der Waals surface area contributed by atoms with Gasteiger partial charge in [0.1, 0.15) is 10.6 Å². The quantitative estimate of drug-likeness (QED) is 0.803. The zero-order valence-electron chi connectivity index (χ0n) is 8.75. The summed E-state index contributed by atoms with van der Waals surface area (Å²) in [5.41, 5.74) is 0.558. The van der Waals surface area contributed by atoms with E-state index in [1.54, 1.807) is 24.3 Å². The Balaban J connectivity index is 2.50. The van der Waals surface area contributed by atoms with Gasteiger partial charge in [0.2, 0.25) is 0 Å². The summed E-state index contributed by atoms with van der Waals surface area (Å²) < 4.78 is 32.4. The van der Waals surface area contributed by atoms with Crippen molar-refractivity contribution in [2.45, 2.75) is 4.90 Å². The zero-order chi connectivity index (χ0) is 12.5. The van der Waals surface area contributed by atoms with Crippen molar-refractivity contribution in [3.8, 4) is 17.1 Å². The van der Waals surface area contributed by atoms with Crippen LogP contribution in [0.25, 0.3) is 11.3 Å². The molecule has 0 bridgehead atoms. The summed E-state index contributed by atoms with van der Waals surface area (Å²) >= 11 is 0. The van der Waals surface area contributed by atoms with Crippen LogP contribution in [0.3, 0.4) is 0 Å². The second-order valence-corrected chi connectivity index (χ2v) is 5.72. The third kappa shape index (κ3) is 2.42. The molecule has 5 nitrogen and oxygen atoms in total. The molecule has 7 heteroatoms. The molecule has 0 unspecified atom stereocenters. The number of hydrogen-bond acceptors (Lipinski definition) is 5. The predicted molar refractivity (Wildman–Crippen MR) is 61.5 cm³/mol. The van der Waals surface area contributed by atoms with Crippen molar-refractivity contribution in [2.24, 2.45) is 0 Å². The van der Waals surface area contributed by atoms with Gasteiger partial charge in [0.25, 0.3) is 9.05 Å². The maximum atomic E-state index is 11.3. The van der Waals surface area contributed by atoms with E-state index in [1.165, 1.54) is 7.11 Å². The number of aromatic nitrogens is 1. The van der Waals surface area contributed by atoms with Crippen LogP contribution < -0.4 is 4.74 Å². The summed E-state index contributed by atoms with van der Waals surface area (Å²) in [6.45, 7) is 0. The van der Waals surface area contributed by atoms with Crippen LogP contribution in [0.4, 0.5) is 0 Å². The normalized spacial score (nSPS) is 11.4. The molecule has 90 valence electrons. The second-order valence-electron chi connectivity index (χ2n) is 3.19. The lowest BCUT2D eigenvalue weighted by Gasteiger charge is -2.01. The number of rotatable bonds is 3. The number of benzene rings is 1. The highest BCUT2D eigenvalue weighted by atomic mass is 35.7. The molecule has 0 atom stereocenters. The van der Waals surface area contributed by atoms with Gasteiger partial charge in [-0.2, -0.15) is 0 Å². The van der Waals surface area contributed by atoms with E-state index in [4.69, 9.17) is 19.9 Å². The van der Waals surface area contributed by atoms with Gasteiger partial charge in [-0.3, -0.25) is 0 Å². The molecule has 0 spiro atoms. The van der Waals surface area contributed by atoms with E-state index in [2.05, 4.69) is 5.16 Å². The standard InChI is InChI=1S/C10H8ClNO4S/c1-15-8-4-2-7(3-5-8)10-9(6-12-16-10)17(11,13)14/h2-6H,1H3. The van der Waals surface area contributed by atoms with Gasteiger partial charge in [-0.15, -0.1) is 0 Å². The Morgan fingerprint density at radius 3 is 2.47 bits per heavy atom. The molecular weight excluding hydrogens is 266 g/mol. The first-order valence-electron chi connectivity index (χ1n) is 4.56. The lowest BCUT2D eigenvalue weighted by Crippen LogP contribution is -1.90. The van der Waals surface area contributed by atoms with Gasteiger partial charge in [-0.1, -0.05) is 5.16 Å². The minimum Gasteiger partial charge on any atom is -0.497 e. The fourth-order valence-corrected chi connectivity index (χ4v) is 2.22. The highest BCUT2D eigenvalue weighted by molar-refractivity contribution is 8.13. The Kier molecular flexibility index (Phi) is 3.08. The van der Waals surface area contributed by atoms with E-state index in [9.17, 15) is 8.42 Å². The van der Waals surface area contributed by atoms with Gasteiger partial charge in [0.05, 0.1) is 13.3 Å². The lowest BCUT2D eigenvalue weighted by molar-refractivity contribution is 0.414. The van der Waals surface area contributed by atoms with E-state index < -0.39 is 9.05 Å². The van der Waals surface area contributed by atoms with Gasteiger partial charge < -0.3 is 9.26 Å². The maximum Gasteiger partial charge on any atom is 0.266 e. The zero-order valence-corrected chi connectivity index (χ0v) is 10.3. The first-order valence-corrected chi connectivity index (χ1v) is 6.87. The van der Waals surface area contributed by atoms with E-state index in [-0.39, 0.29) is 10.7 Å². The first kappa shape index (κ1) is 11.9. The molecule has 2 aromatic rings. The minimum absolute atomic E-state index is 0.114. The molecule has 1 heterocycles. The molecule has 2 rings (SSSR count). The van der Waals surface area contributed by atoms with E-state index in [0.717, 1.165) is 6.20 Å². The Hall–Kier alpha value is -1.53. The van der Waals surface area contributed by atoms with Gasteiger partial charge >= 0.3 is 0 Å². The molecular formula is C10H8ClNO4S. The van der Waals surface area contributed by atoms with Crippen molar-refractivity contribution in [3.05, 3.63) is 30.5 Å². The molecule has 1 aromatic heterocycles. The van der Waals surface area contributed by atoms with Gasteiger partial charge in [-0.25, -0.2) is 8.42 Å². The number of methoxy groups -OCH3 is 1. The molecule has 0 fully saturated rings. The first-order chi connectivity index (χ1) is 8.02. The van der Waals surface area contributed by atoms with Crippen LogP contribution in [-0.2, 0) is 9.05 Å². The van der Waals surface area contributed by atoms with Crippen molar-refractivity contribution in [3.63, 3.8) is 0 Å². The molecule has 0 N–H and O–H groups in total. The topological polar surface area (TPSA) is 69.4 Å². The smallest absolute Gasteiger partial charge is 0.266 e. The van der Waals surface area contributed by atoms with Crippen LogP contribution >= 0.6 is 10.7 Å². The van der Waals surface area contributed by atoms with Crippen molar-refractivity contribution >= 4 is 19.7 Å². The third-order valence-corrected chi connectivity index (χ3v) is 3.47. The molecule has 0 aliphatic carbocycles. The van der Waals surface area contributed by atoms with Crippen molar-refractivity contribution < 1.29 is 17.7 Å². The molecule has 0 radical (unpaired) electrons. The van der Waals surface area contributed by atoms with Gasteiger partial charge in [0.15, 0.2) is 5.76 Å². The number of hydrogen-bond donors (Lipinski definition) is 0. The number of halogens is 1. The number of nitrogens with zero attached hydrogens (tertiary/aromatic N) is 1. The Bertz CT molecular complexity index is 618. The Morgan fingerprint density at radius 2 is 1.94 bits per heavy atom. The highest BCUT2D eigenvalue weighted by Gasteiger charge is 2.21. The van der Waals surface area contributed by atoms with E-state index in [1.807, 2.05) is 0 Å². The molecule has 0 saturated carbocycles. The van der Waals surface area contributed by atoms with Gasteiger partial charge in [0, 0.05) is 16.2 Å². The van der Waals surface area contributed by atoms with Crippen LogP contribution in [0.2, 0.25) is 0 Å². The van der Waals surface area contributed by atoms with Crippen LogP contribution in [-0.4, -0.2) is 20.7 Å². The van der Waals surface area contributed by atoms with Gasteiger partial charge in [-0.05, 0) is 24.3 Å². The fraction of sp³-hybridized carbons (Fsp3) is 0.100. The SMILES string of the molecule is COc1ccc(-c2oncc2S(=O)(=O)Cl)cc1. The second kappa shape index (κ2) is 4.38. The molecule has 0 aliphatic rings. The molecule has 1 aromatic carbocycles. The van der Waals surface area contributed by atoms with Crippen LogP contribution in [0.1, 0.15) is 0 Å². The average Bonchev–Trinajstić information content (AvgIpc) is 2.78. The Morgan fingerprint density at radius 1 is 1.29 bits per heavy atom. The maximum absolute atomic E-state index is 11.3. The summed E-state index contributed by atoms with van der Waals surface area (Å²) in [5.74, 6) is 0.770. The summed E-state index contributed by atoms with van der Waals surface area (Å²) in [5, 5.41) is 3.44. The fourth-order valence-electron chi connectivity index (χ4n) is 1.34. The predicted octanol–water partition coefficient (Wildman–Crippen LogP) is 2.28. The Labute approximate surface area is 102 Å². The van der Waals surface area contributed by atoms with Crippen molar-refractivity contribution in [1.29, 1.82) is 0 Å².